The third kappa shape index (κ3) is 7.52. The third-order valence-electron chi connectivity index (χ3n) is 0.717. The zero-order valence-corrected chi connectivity index (χ0v) is 7.68. The second-order valence-electron chi connectivity index (χ2n) is 2.13. The van der Waals surface area contributed by atoms with Crippen molar-refractivity contribution in [3.8, 4) is 0 Å². The topological polar surface area (TPSA) is 69.7 Å². The van der Waals surface area contributed by atoms with Gasteiger partial charge in [-0.1, -0.05) is 0 Å². The van der Waals surface area contributed by atoms with E-state index < -0.39 is 11.4 Å². The number of carbonyl (C=O) groups excluding carboxylic acids is 2. The van der Waals surface area contributed by atoms with Crippen molar-refractivity contribution in [3.63, 3.8) is 0 Å². The van der Waals surface area contributed by atoms with Gasteiger partial charge in [0.2, 0.25) is 0 Å². The molecular formula is C6H10O5S. The zero-order chi connectivity index (χ0) is 9.56. The predicted molar refractivity (Wildman–Crippen MR) is 41.4 cm³/mol. The summed E-state index contributed by atoms with van der Waals surface area (Å²) in [6.45, 7) is 2.04. The van der Waals surface area contributed by atoms with Crippen LogP contribution in [0.3, 0.4) is 0 Å². The highest BCUT2D eigenvalue weighted by atomic mass is 32.2. The summed E-state index contributed by atoms with van der Waals surface area (Å²) in [4.78, 5) is 20.6. The minimum Gasteiger partial charge on any atom is -0.297 e. The predicted octanol–water partition coefficient (Wildman–Crippen LogP) is -0.224. The molecule has 0 aliphatic carbocycles. The molecule has 0 saturated heterocycles. The van der Waals surface area contributed by atoms with E-state index in [2.05, 4.69) is 8.37 Å². The molecular weight excluding hydrogens is 184 g/mol. The number of hydrogen-bond donors (Lipinski definition) is 0. The van der Waals surface area contributed by atoms with Crippen molar-refractivity contribution >= 4 is 22.9 Å². The molecule has 12 heavy (non-hydrogen) atoms. The maximum absolute atomic E-state index is 10.6. The maximum atomic E-state index is 10.6. The van der Waals surface area contributed by atoms with Gasteiger partial charge in [0.1, 0.15) is 13.2 Å². The van der Waals surface area contributed by atoms with Crippen LogP contribution in [0.25, 0.3) is 0 Å². The summed E-state index contributed by atoms with van der Waals surface area (Å²) in [6, 6.07) is 0. The van der Waals surface area contributed by atoms with Crippen LogP contribution in [0.15, 0.2) is 0 Å². The van der Waals surface area contributed by atoms with E-state index in [4.69, 9.17) is 0 Å². The van der Waals surface area contributed by atoms with E-state index in [1.54, 1.807) is 0 Å². The van der Waals surface area contributed by atoms with E-state index in [-0.39, 0.29) is 24.8 Å². The molecule has 0 saturated carbocycles. The second-order valence-corrected chi connectivity index (χ2v) is 3.01. The van der Waals surface area contributed by atoms with E-state index in [1.807, 2.05) is 0 Å². The Labute approximate surface area is 72.9 Å². The lowest BCUT2D eigenvalue weighted by Gasteiger charge is -1.99. The van der Waals surface area contributed by atoms with Crippen molar-refractivity contribution in [2.75, 3.05) is 13.2 Å². The van der Waals surface area contributed by atoms with Gasteiger partial charge in [0, 0.05) is 0 Å². The van der Waals surface area contributed by atoms with Gasteiger partial charge in [-0.25, -0.2) is 0 Å². The van der Waals surface area contributed by atoms with E-state index in [0.717, 1.165) is 0 Å². The number of carbonyl (C=O) groups is 2. The minimum atomic E-state index is -2.00. The van der Waals surface area contributed by atoms with Crippen molar-refractivity contribution in [2.45, 2.75) is 13.8 Å². The molecule has 0 amide bonds. The summed E-state index contributed by atoms with van der Waals surface area (Å²) < 4.78 is 19.4. The smallest absolute Gasteiger partial charge is 0.297 e. The van der Waals surface area contributed by atoms with Crippen molar-refractivity contribution in [2.24, 2.45) is 0 Å². The van der Waals surface area contributed by atoms with E-state index in [9.17, 15) is 13.8 Å². The molecule has 6 heteroatoms. The average Bonchev–Trinajstić information content (AvgIpc) is 1.96. The molecule has 0 aliphatic rings. The molecule has 0 heterocycles. The Hall–Kier alpha value is -0.590. The van der Waals surface area contributed by atoms with Gasteiger partial charge in [0.25, 0.3) is 0 Å². The van der Waals surface area contributed by atoms with E-state index >= 15 is 0 Å². The second kappa shape index (κ2) is 5.99. The normalized spacial score (nSPS) is 10.2. The van der Waals surface area contributed by atoms with Gasteiger partial charge in [-0.3, -0.25) is 18.0 Å². The molecule has 0 rings (SSSR count). The maximum Gasteiger partial charge on any atom is 0.305 e. The van der Waals surface area contributed by atoms with Crippen LogP contribution in [-0.2, 0) is 29.3 Å². The van der Waals surface area contributed by atoms with Crippen LogP contribution in [0.2, 0.25) is 0 Å². The molecule has 0 unspecified atom stereocenters. The Morgan fingerprint density at radius 2 is 1.42 bits per heavy atom. The quantitative estimate of drug-likeness (QED) is 0.584. The molecule has 70 valence electrons. The zero-order valence-electron chi connectivity index (χ0n) is 6.86. The van der Waals surface area contributed by atoms with Gasteiger partial charge in [0.15, 0.2) is 11.6 Å². The van der Waals surface area contributed by atoms with Crippen LogP contribution in [0.1, 0.15) is 13.8 Å². The Bertz CT molecular complexity index is 180. The molecule has 0 aromatic carbocycles. The molecule has 0 fully saturated rings. The molecule has 0 spiro atoms. The van der Waals surface area contributed by atoms with Crippen molar-refractivity contribution in [1.29, 1.82) is 0 Å². The van der Waals surface area contributed by atoms with Crippen LogP contribution < -0.4 is 0 Å². The fourth-order valence-electron chi connectivity index (χ4n) is 0.296. The summed E-state index contributed by atoms with van der Waals surface area (Å²) in [7, 11) is 0. The fraction of sp³-hybridized carbons (Fsp3) is 0.667. The van der Waals surface area contributed by atoms with Gasteiger partial charge in [-0.15, -0.1) is 0 Å². The van der Waals surface area contributed by atoms with E-state index in [1.165, 1.54) is 13.8 Å². The number of ketones is 2. The van der Waals surface area contributed by atoms with Crippen LogP contribution >= 0.6 is 0 Å². The molecule has 0 N–H and O–H groups in total. The van der Waals surface area contributed by atoms with Gasteiger partial charge < -0.3 is 0 Å². The largest absolute Gasteiger partial charge is 0.305 e. The molecule has 0 aromatic heterocycles. The summed E-state index contributed by atoms with van der Waals surface area (Å²) in [5.74, 6) is -0.510. The molecule has 5 nitrogen and oxygen atoms in total. The first-order valence-electron chi connectivity index (χ1n) is 3.19. The minimum absolute atomic E-state index is 0.255. The lowest BCUT2D eigenvalue weighted by molar-refractivity contribution is -0.119. The Kier molecular flexibility index (Phi) is 5.69. The molecule has 0 aliphatic heterocycles. The summed E-state index contributed by atoms with van der Waals surface area (Å²) in [6.07, 6.45) is 0. The van der Waals surface area contributed by atoms with Gasteiger partial charge in [-0.2, -0.15) is 4.21 Å². The Balaban J connectivity index is 3.47. The van der Waals surface area contributed by atoms with Crippen LogP contribution in [0.5, 0.6) is 0 Å². The first-order valence-corrected chi connectivity index (χ1v) is 4.19. The van der Waals surface area contributed by atoms with Crippen molar-refractivity contribution < 1.29 is 22.2 Å². The summed E-state index contributed by atoms with van der Waals surface area (Å²) in [5, 5.41) is 0. The molecule has 0 aromatic rings. The number of Topliss-reactive ketones (excluding diaryl/α,β-unsaturated/α-hetero) is 2. The van der Waals surface area contributed by atoms with Crippen LogP contribution in [0, 0.1) is 0 Å². The van der Waals surface area contributed by atoms with E-state index in [0.29, 0.717) is 0 Å². The number of rotatable bonds is 6. The van der Waals surface area contributed by atoms with Gasteiger partial charge in [0.05, 0.1) is 0 Å². The van der Waals surface area contributed by atoms with Gasteiger partial charge >= 0.3 is 11.4 Å². The van der Waals surface area contributed by atoms with Crippen molar-refractivity contribution in [1.82, 2.24) is 0 Å². The lowest BCUT2D eigenvalue weighted by atomic mass is 10.5. The first kappa shape index (κ1) is 11.4. The highest BCUT2D eigenvalue weighted by molar-refractivity contribution is 7.75. The molecule has 0 radical (unpaired) electrons. The summed E-state index contributed by atoms with van der Waals surface area (Å²) >= 11 is -2.00. The van der Waals surface area contributed by atoms with Gasteiger partial charge in [-0.05, 0) is 13.8 Å². The standard InChI is InChI=1S/C6H10O5S/c1-5(7)3-10-12(9)11-4-6(2)8/h3-4H2,1-2H3. The molecule has 0 bridgehead atoms. The highest BCUT2D eigenvalue weighted by Gasteiger charge is 2.04. The van der Waals surface area contributed by atoms with Crippen LogP contribution in [-0.4, -0.2) is 29.0 Å². The van der Waals surface area contributed by atoms with Crippen LogP contribution in [0.4, 0.5) is 0 Å². The summed E-state index contributed by atoms with van der Waals surface area (Å²) in [5.41, 5.74) is 0. The van der Waals surface area contributed by atoms with Crippen molar-refractivity contribution in [3.05, 3.63) is 0 Å². The number of hydrogen-bond acceptors (Lipinski definition) is 5. The lowest BCUT2D eigenvalue weighted by Crippen LogP contribution is -2.12. The Morgan fingerprint density at radius 3 is 1.67 bits per heavy atom. The third-order valence-corrected chi connectivity index (χ3v) is 1.34. The highest BCUT2D eigenvalue weighted by Crippen LogP contribution is 1.89. The fourth-order valence-corrected chi connectivity index (χ4v) is 0.889. The average molecular weight is 194 g/mol. The first-order chi connectivity index (χ1) is 5.52. The SMILES string of the molecule is CC(=O)COS(=O)OCC(C)=O. The Morgan fingerprint density at radius 1 is 1.08 bits per heavy atom. The molecule has 0 atom stereocenters. The monoisotopic (exact) mass is 194 g/mol.